The first kappa shape index (κ1) is 15.3. The highest BCUT2D eigenvalue weighted by Gasteiger charge is 2.37. The molecule has 0 saturated heterocycles. The van der Waals surface area contributed by atoms with E-state index < -0.39 is 23.7 Å². The van der Waals surface area contributed by atoms with Gasteiger partial charge in [-0.2, -0.15) is 26.3 Å². The molecule has 1 aromatic carbocycles. The lowest BCUT2D eigenvalue weighted by molar-refractivity contribution is -0.145. The average molecular weight is 332 g/mol. The molecule has 0 N–H and O–H groups in total. The fourth-order valence-electron chi connectivity index (χ4n) is 1.97. The minimum Gasteiger partial charge on any atom is -0.275 e. The summed E-state index contributed by atoms with van der Waals surface area (Å²) in [6.45, 7) is 0. The standard InChI is InChI=1S/C13H6F6N4/c14-12(15,16)8-3-1-7(2-4-8)9-6-23-10(5-20-9)21-22-11(23)13(17,18)19/h1-6H. The number of rotatable bonds is 1. The van der Waals surface area contributed by atoms with Crippen LogP contribution in [0.25, 0.3) is 16.9 Å². The van der Waals surface area contributed by atoms with Gasteiger partial charge in [-0.1, -0.05) is 12.1 Å². The molecule has 0 fully saturated rings. The van der Waals surface area contributed by atoms with Crippen molar-refractivity contribution in [1.82, 2.24) is 19.6 Å². The first-order valence-corrected chi connectivity index (χ1v) is 6.12. The largest absolute Gasteiger partial charge is 0.452 e. The Morgan fingerprint density at radius 2 is 1.48 bits per heavy atom. The molecule has 0 aliphatic heterocycles. The van der Waals surface area contributed by atoms with Gasteiger partial charge in [0.25, 0.3) is 0 Å². The zero-order valence-electron chi connectivity index (χ0n) is 11.0. The SMILES string of the molecule is FC(F)(F)c1ccc(-c2cn3c(C(F)(F)F)nnc3cn2)cc1. The van der Waals surface area contributed by atoms with Crippen LogP contribution in [0.5, 0.6) is 0 Å². The predicted octanol–water partition coefficient (Wildman–Crippen LogP) is 3.83. The Labute approximate surface area is 124 Å². The first-order valence-electron chi connectivity index (χ1n) is 6.12. The third-order valence-corrected chi connectivity index (χ3v) is 3.05. The second-order valence-electron chi connectivity index (χ2n) is 4.60. The summed E-state index contributed by atoms with van der Waals surface area (Å²) >= 11 is 0. The van der Waals surface area contributed by atoms with Gasteiger partial charge in [0.1, 0.15) is 0 Å². The van der Waals surface area contributed by atoms with Crippen molar-refractivity contribution < 1.29 is 26.3 Å². The van der Waals surface area contributed by atoms with E-state index in [-0.39, 0.29) is 16.9 Å². The number of benzene rings is 1. The van der Waals surface area contributed by atoms with Crippen molar-refractivity contribution in [2.24, 2.45) is 0 Å². The van der Waals surface area contributed by atoms with Crippen LogP contribution in [-0.2, 0) is 12.4 Å². The maximum Gasteiger partial charge on any atom is 0.452 e. The number of nitrogens with zero attached hydrogens (tertiary/aromatic N) is 4. The van der Waals surface area contributed by atoms with Crippen molar-refractivity contribution in [3.05, 3.63) is 48.0 Å². The van der Waals surface area contributed by atoms with Crippen LogP contribution in [0.15, 0.2) is 36.7 Å². The van der Waals surface area contributed by atoms with Crippen LogP contribution < -0.4 is 0 Å². The number of halogens is 6. The van der Waals surface area contributed by atoms with E-state index in [0.717, 1.165) is 36.7 Å². The monoisotopic (exact) mass is 332 g/mol. The topological polar surface area (TPSA) is 43.1 Å². The minimum absolute atomic E-state index is 0.0662. The van der Waals surface area contributed by atoms with Crippen molar-refractivity contribution in [2.45, 2.75) is 12.4 Å². The Bertz CT molecular complexity index is 848. The number of hydrogen-bond acceptors (Lipinski definition) is 3. The van der Waals surface area contributed by atoms with Crippen LogP contribution in [0.1, 0.15) is 11.4 Å². The van der Waals surface area contributed by atoms with Crippen molar-refractivity contribution in [1.29, 1.82) is 0 Å². The summed E-state index contributed by atoms with van der Waals surface area (Å²) in [5.41, 5.74) is -0.672. The molecule has 0 spiro atoms. The summed E-state index contributed by atoms with van der Waals surface area (Å²) in [4.78, 5) is 3.89. The van der Waals surface area contributed by atoms with Crippen LogP contribution in [0.3, 0.4) is 0 Å². The summed E-state index contributed by atoms with van der Waals surface area (Å²) in [6.07, 6.45) is -7.11. The van der Waals surface area contributed by atoms with E-state index in [1.807, 2.05) is 0 Å². The highest BCUT2D eigenvalue weighted by Crippen LogP contribution is 2.31. The third-order valence-electron chi connectivity index (χ3n) is 3.05. The lowest BCUT2D eigenvalue weighted by Crippen LogP contribution is -2.11. The van der Waals surface area contributed by atoms with E-state index in [2.05, 4.69) is 15.2 Å². The zero-order valence-corrected chi connectivity index (χ0v) is 11.0. The van der Waals surface area contributed by atoms with E-state index in [1.54, 1.807) is 0 Å². The molecule has 10 heteroatoms. The van der Waals surface area contributed by atoms with Crippen LogP contribution in [-0.4, -0.2) is 19.6 Å². The van der Waals surface area contributed by atoms with Gasteiger partial charge < -0.3 is 0 Å². The second kappa shape index (κ2) is 4.93. The Hall–Kier alpha value is -2.65. The summed E-state index contributed by atoms with van der Waals surface area (Å²) in [5.74, 6) is -1.23. The summed E-state index contributed by atoms with van der Waals surface area (Å²) in [6, 6.07) is 3.93. The molecule has 0 amide bonds. The van der Waals surface area contributed by atoms with Gasteiger partial charge in [-0.05, 0) is 12.1 Å². The van der Waals surface area contributed by atoms with Crippen molar-refractivity contribution in [3.8, 4) is 11.3 Å². The fourth-order valence-corrected chi connectivity index (χ4v) is 1.97. The molecule has 0 aliphatic carbocycles. The maximum atomic E-state index is 12.8. The highest BCUT2D eigenvalue weighted by molar-refractivity contribution is 5.60. The van der Waals surface area contributed by atoms with E-state index in [0.29, 0.717) is 4.40 Å². The van der Waals surface area contributed by atoms with E-state index in [1.165, 1.54) is 0 Å². The maximum absolute atomic E-state index is 12.8. The quantitative estimate of drug-likeness (QED) is 0.636. The molecule has 0 radical (unpaired) electrons. The Morgan fingerprint density at radius 1 is 0.826 bits per heavy atom. The molecule has 0 bridgehead atoms. The molecule has 23 heavy (non-hydrogen) atoms. The molecular formula is C13H6F6N4. The van der Waals surface area contributed by atoms with Gasteiger partial charge in [0, 0.05) is 11.8 Å². The Morgan fingerprint density at radius 3 is 2.04 bits per heavy atom. The third kappa shape index (κ3) is 2.83. The number of fused-ring (bicyclic) bond motifs is 1. The molecule has 3 aromatic rings. The molecule has 0 saturated carbocycles. The summed E-state index contributed by atoms with van der Waals surface area (Å²) in [5, 5.41) is 6.39. The molecular weight excluding hydrogens is 326 g/mol. The number of alkyl halides is 6. The van der Waals surface area contributed by atoms with Crippen molar-refractivity contribution in [2.75, 3.05) is 0 Å². The second-order valence-corrected chi connectivity index (χ2v) is 4.60. The molecule has 2 heterocycles. The van der Waals surface area contributed by atoms with E-state index >= 15 is 0 Å². The van der Waals surface area contributed by atoms with Gasteiger partial charge in [0.05, 0.1) is 17.5 Å². The molecule has 0 atom stereocenters. The molecule has 4 nitrogen and oxygen atoms in total. The zero-order chi connectivity index (χ0) is 16.8. The van der Waals surface area contributed by atoms with Crippen molar-refractivity contribution >= 4 is 5.65 Å². The van der Waals surface area contributed by atoms with Crippen LogP contribution in [0.2, 0.25) is 0 Å². The van der Waals surface area contributed by atoms with Gasteiger partial charge in [-0.3, -0.25) is 9.38 Å². The smallest absolute Gasteiger partial charge is 0.275 e. The summed E-state index contributed by atoms with van der Waals surface area (Å²) < 4.78 is 76.6. The minimum atomic E-state index is -4.71. The van der Waals surface area contributed by atoms with Crippen LogP contribution in [0, 0.1) is 0 Å². The lowest BCUT2D eigenvalue weighted by Gasteiger charge is -2.08. The van der Waals surface area contributed by atoms with Gasteiger partial charge in [0.2, 0.25) is 5.82 Å². The highest BCUT2D eigenvalue weighted by atomic mass is 19.4. The molecule has 0 unspecified atom stereocenters. The van der Waals surface area contributed by atoms with Crippen molar-refractivity contribution in [3.63, 3.8) is 0 Å². The van der Waals surface area contributed by atoms with Gasteiger partial charge in [-0.15, -0.1) is 10.2 Å². The van der Waals surface area contributed by atoms with Crippen LogP contribution in [0.4, 0.5) is 26.3 Å². The number of hydrogen-bond donors (Lipinski definition) is 0. The predicted molar refractivity (Wildman–Crippen MR) is 66.2 cm³/mol. The number of aromatic nitrogens is 4. The summed E-state index contributed by atoms with van der Waals surface area (Å²) in [7, 11) is 0. The van der Waals surface area contributed by atoms with Gasteiger partial charge >= 0.3 is 12.4 Å². The Balaban J connectivity index is 2.07. The average Bonchev–Trinajstić information content (AvgIpc) is 2.89. The van der Waals surface area contributed by atoms with Crippen LogP contribution >= 0.6 is 0 Å². The molecule has 120 valence electrons. The van der Waals surface area contributed by atoms with Gasteiger partial charge in [0.15, 0.2) is 5.65 Å². The first-order chi connectivity index (χ1) is 10.7. The molecule has 3 rings (SSSR count). The Kier molecular flexibility index (Phi) is 3.27. The van der Waals surface area contributed by atoms with E-state index in [4.69, 9.17) is 0 Å². The lowest BCUT2D eigenvalue weighted by atomic mass is 10.1. The normalized spacial score (nSPS) is 12.8. The molecule has 0 aliphatic rings. The molecule has 2 aromatic heterocycles. The van der Waals surface area contributed by atoms with Gasteiger partial charge in [-0.25, -0.2) is 0 Å². The fraction of sp³-hybridized carbons (Fsp3) is 0.154. The van der Waals surface area contributed by atoms with E-state index in [9.17, 15) is 26.3 Å².